The predicted molar refractivity (Wildman–Crippen MR) is 129 cm³/mol. The van der Waals surface area contributed by atoms with Gasteiger partial charge in [0.2, 0.25) is 0 Å². The summed E-state index contributed by atoms with van der Waals surface area (Å²) in [6.45, 7) is 3.64. The number of hydrogen-bond acceptors (Lipinski definition) is 4. The first-order valence-corrected chi connectivity index (χ1v) is 11.5. The molecule has 1 atom stereocenters. The molecule has 0 saturated heterocycles. The molecule has 31 heavy (non-hydrogen) atoms. The minimum atomic E-state index is -0.575. The normalized spacial score (nSPS) is 11.9. The quantitative estimate of drug-likeness (QED) is 0.315. The molecule has 0 radical (unpaired) electrons. The van der Waals surface area contributed by atoms with Gasteiger partial charge in [0.1, 0.15) is 6.61 Å². The monoisotopic (exact) mass is 523 g/mol. The Hall–Kier alpha value is -1.76. The summed E-state index contributed by atoms with van der Waals surface area (Å²) in [5.74, 6) is 1.23. The summed E-state index contributed by atoms with van der Waals surface area (Å²) in [5.41, 5.74) is 2.60. The van der Waals surface area contributed by atoms with Gasteiger partial charge in [-0.2, -0.15) is 0 Å². The summed E-state index contributed by atoms with van der Waals surface area (Å²) in [5, 5.41) is 14.7. The average Bonchev–Trinajstić information content (AvgIpc) is 2.76. The summed E-state index contributed by atoms with van der Waals surface area (Å²) in [7, 11) is 0. The van der Waals surface area contributed by atoms with Gasteiger partial charge in [-0.1, -0.05) is 75.5 Å². The van der Waals surface area contributed by atoms with E-state index in [9.17, 15) is 5.11 Å². The van der Waals surface area contributed by atoms with Crippen molar-refractivity contribution in [3.8, 4) is 11.5 Å². The van der Waals surface area contributed by atoms with Crippen LogP contribution in [-0.4, -0.2) is 18.3 Å². The maximum Gasteiger partial charge on any atom is 0.162 e. The Balaban J connectivity index is 1.68. The molecule has 0 aliphatic rings. The lowest BCUT2D eigenvalue weighted by Gasteiger charge is -2.17. The van der Waals surface area contributed by atoms with E-state index in [1.807, 2.05) is 49.4 Å². The fraction of sp³-hybridized carbons (Fsp3) is 0.250. The van der Waals surface area contributed by atoms with Crippen molar-refractivity contribution in [1.29, 1.82) is 0 Å². The minimum Gasteiger partial charge on any atom is -0.490 e. The minimum absolute atomic E-state index is 0.228. The van der Waals surface area contributed by atoms with E-state index in [2.05, 4.69) is 21.2 Å². The molecular formula is C24H24BrCl2NO3. The van der Waals surface area contributed by atoms with E-state index < -0.39 is 6.10 Å². The maximum atomic E-state index is 10.3. The third-order valence-corrected chi connectivity index (χ3v) is 6.13. The zero-order valence-electron chi connectivity index (χ0n) is 17.1. The predicted octanol–water partition coefficient (Wildman–Crippen LogP) is 6.56. The fourth-order valence-electron chi connectivity index (χ4n) is 3.05. The molecule has 7 heteroatoms. The van der Waals surface area contributed by atoms with E-state index in [1.165, 1.54) is 0 Å². The summed E-state index contributed by atoms with van der Waals surface area (Å²) in [6, 6.07) is 18.7. The molecule has 0 saturated carbocycles. The van der Waals surface area contributed by atoms with Gasteiger partial charge in [0.25, 0.3) is 0 Å². The number of aliphatic hydroxyl groups excluding tert-OH is 1. The van der Waals surface area contributed by atoms with Gasteiger partial charge in [-0.05, 0) is 42.3 Å². The topological polar surface area (TPSA) is 50.7 Å². The largest absolute Gasteiger partial charge is 0.490 e. The van der Waals surface area contributed by atoms with E-state index >= 15 is 0 Å². The highest BCUT2D eigenvalue weighted by molar-refractivity contribution is 9.10. The number of hydrogen-bond donors (Lipinski definition) is 2. The van der Waals surface area contributed by atoms with Crippen LogP contribution in [-0.2, 0) is 13.2 Å². The van der Waals surface area contributed by atoms with Crippen molar-refractivity contribution in [2.45, 2.75) is 26.2 Å². The zero-order valence-corrected chi connectivity index (χ0v) is 20.2. The van der Waals surface area contributed by atoms with E-state index in [-0.39, 0.29) is 6.61 Å². The second-order valence-electron chi connectivity index (χ2n) is 6.87. The molecule has 0 bridgehead atoms. The summed E-state index contributed by atoms with van der Waals surface area (Å²) < 4.78 is 12.7. The van der Waals surface area contributed by atoms with Crippen LogP contribution in [0.25, 0.3) is 0 Å². The van der Waals surface area contributed by atoms with Crippen molar-refractivity contribution in [3.63, 3.8) is 0 Å². The number of benzene rings is 3. The zero-order chi connectivity index (χ0) is 22.2. The number of ether oxygens (including phenoxy) is 2. The Kier molecular flexibility index (Phi) is 9.05. The lowest BCUT2D eigenvalue weighted by atomic mass is 10.1. The first-order valence-electron chi connectivity index (χ1n) is 9.94. The molecule has 164 valence electrons. The van der Waals surface area contributed by atoms with Crippen molar-refractivity contribution in [3.05, 3.63) is 91.9 Å². The van der Waals surface area contributed by atoms with Gasteiger partial charge in [0, 0.05) is 33.2 Å². The molecule has 3 rings (SSSR count). The molecule has 0 aliphatic carbocycles. The van der Waals surface area contributed by atoms with Crippen LogP contribution >= 0.6 is 39.1 Å². The molecule has 0 aliphatic heterocycles. The van der Waals surface area contributed by atoms with Crippen molar-refractivity contribution in [1.82, 2.24) is 5.32 Å². The van der Waals surface area contributed by atoms with Crippen LogP contribution in [0.5, 0.6) is 11.5 Å². The van der Waals surface area contributed by atoms with Crippen LogP contribution in [0.15, 0.2) is 65.1 Å². The third kappa shape index (κ3) is 6.61. The van der Waals surface area contributed by atoms with E-state index in [4.69, 9.17) is 32.7 Å². The lowest BCUT2D eigenvalue weighted by molar-refractivity contribution is 0.174. The van der Waals surface area contributed by atoms with Gasteiger partial charge in [-0.15, -0.1) is 0 Å². The Labute approximate surface area is 201 Å². The Morgan fingerprint density at radius 2 is 1.65 bits per heavy atom. The van der Waals surface area contributed by atoms with Gasteiger partial charge in [0.05, 0.1) is 12.7 Å². The molecule has 4 nitrogen and oxygen atoms in total. The molecule has 1 unspecified atom stereocenters. The number of nitrogens with one attached hydrogen (secondary N) is 1. The molecular weight excluding hydrogens is 501 g/mol. The second kappa shape index (κ2) is 11.7. The molecule has 3 aromatic carbocycles. The molecule has 0 fully saturated rings. The molecule has 3 aromatic rings. The van der Waals surface area contributed by atoms with Gasteiger partial charge < -0.3 is 19.9 Å². The smallest absolute Gasteiger partial charge is 0.162 e. The first kappa shape index (κ1) is 23.9. The van der Waals surface area contributed by atoms with Crippen LogP contribution < -0.4 is 14.8 Å². The van der Waals surface area contributed by atoms with Gasteiger partial charge in [-0.3, -0.25) is 0 Å². The van der Waals surface area contributed by atoms with Crippen LogP contribution in [0, 0.1) is 0 Å². The fourth-order valence-corrected chi connectivity index (χ4v) is 4.02. The molecule has 0 heterocycles. The maximum absolute atomic E-state index is 10.3. The van der Waals surface area contributed by atoms with E-state index in [0.717, 1.165) is 21.2 Å². The van der Waals surface area contributed by atoms with Crippen LogP contribution in [0.3, 0.4) is 0 Å². The van der Waals surface area contributed by atoms with Crippen molar-refractivity contribution < 1.29 is 14.6 Å². The van der Waals surface area contributed by atoms with Crippen LogP contribution in [0.1, 0.15) is 29.7 Å². The molecule has 0 amide bonds. The average molecular weight is 525 g/mol. The summed E-state index contributed by atoms with van der Waals surface area (Å²) >= 11 is 16.1. The first-order chi connectivity index (χ1) is 15.0. The summed E-state index contributed by atoms with van der Waals surface area (Å²) in [4.78, 5) is 0. The van der Waals surface area contributed by atoms with Crippen LogP contribution in [0.2, 0.25) is 10.0 Å². The number of rotatable bonds is 10. The van der Waals surface area contributed by atoms with Crippen LogP contribution in [0.4, 0.5) is 0 Å². The van der Waals surface area contributed by atoms with Gasteiger partial charge in [0.15, 0.2) is 11.5 Å². The van der Waals surface area contributed by atoms with Gasteiger partial charge >= 0.3 is 0 Å². The van der Waals surface area contributed by atoms with Crippen molar-refractivity contribution in [2.75, 3.05) is 13.2 Å². The van der Waals surface area contributed by atoms with Crippen molar-refractivity contribution >= 4 is 39.1 Å². The third-order valence-electron chi connectivity index (χ3n) is 4.68. The summed E-state index contributed by atoms with van der Waals surface area (Å²) in [6.07, 6.45) is -0.575. The molecule has 0 aromatic heterocycles. The highest BCUT2D eigenvalue weighted by Crippen LogP contribution is 2.35. The van der Waals surface area contributed by atoms with Gasteiger partial charge in [-0.25, -0.2) is 0 Å². The number of halogens is 3. The lowest BCUT2D eigenvalue weighted by Crippen LogP contribution is -2.21. The molecule has 0 spiro atoms. The highest BCUT2D eigenvalue weighted by Gasteiger charge is 2.14. The highest BCUT2D eigenvalue weighted by atomic mass is 79.9. The second-order valence-corrected chi connectivity index (χ2v) is 8.54. The number of aliphatic hydroxyl groups is 1. The Morgan fingerprint density at radius 3 is 2.32 bits per heavy atom. The Morgan fingerprint density at radius 1 is 0.968 bits per heavy atom. The van der Waals surface area contributed by atoms with E-state index in [0.29, 0.717) is 41.2 Å². The SMILES string of the molecule is CCOc1cc(CNCC(O)c2ccccc2)c(Br)cc1OCc1c(Cl)cccc1Cl. The molecule has 2 N–H and O–H groups in total. The van der Waals surface area contributed by atoms with E-state index in [1.54, 1.807) is 18.2 Å². The Bertz CT molecular complexity index is 981. The van der Waals surface area contributed by atoms with Crippen molar-refractivity contribution in [2.24, 2.45) is 0 Å². The standard InChI is InChI=1S/C24H24BrCl2NO3/c1-2-30-23-11-17(13-28-14-22(29)16-7-4-3-5-8-16)19(25)12-24(23)31-15-18-20(26)9-6-10-21(18)27/h3-12,22,28-29H,2,13-15H2,1H3.